The Kier molecular flexibility index (Phi) is 5.59. The molecule has 5 aromatic rings. The summed E-state index contributed by atoms with van der Waals surface area (Å²) in [6.07, 6.45) is 2.71. The van der Waals surface area contributed by atoms with Gasteiger partial charge in [-0.15, -0.1) is 5.10 Å². The Hall–Kier alpha value is -4.72. The van der Waals surface area contributed by atoms with Crippen molar-refractivity contribution in [2.75, 3.05) is 7.11 Å². The van der Waals surface area contributed by atoms with Gasteiger partial charge in [0.2, 0.25) is 5.88 Å². The highest BCUT2D eigenvalue weighted by Crippen LogP contribution is 2.50. The predicted octanol–water partition coefficient (Wildman–Crippen LogP) is 6.03. The summed E-state index contributed by atoms with van der Waals surface area (Å²) in [5, 5.41) is 6.89. The molecule has 0 radical (unpaired) electrons. The van der Waals surface area contributed by atoms with E-state index >= 15 is 0 Å². The highest BCUT2D eigenvalue weighted by atomic mass is 16.5. The Morgan fingerprint density at radius 2 is 1.77 bits per heavy atom. The first kappa shape index (κ1) is 24.3. The molecular formula is C32H28N4O4. The SMILES string of the molecule is COc1ccc(C2C3=C(CC(C)(C)CC3=O)Oc3ncn4nc(COc5ccc6ccccc6c5)nc4c32)cc1. The number of ether oxygens (including phenoxy) is 3. The van der Waals surface area contributed by atoms with Gasteiger partial charge in [0.25, 0.3) is 0 Å². The number of hydrogen-bond donors (Lipinski definition) is 0. The van der Waals surface area contributed by atoms with Crippen LogP contribution in [-0.2, 0) is 11.4 Å². The third kappa shape index (κ3) is 4.16. The largest absolute Gasteiger partial charge is 0.497 e. The monoisotopic (exact) mass is 532 g/mol. The van der Waals surface area contributed by atoms with Crippen LogP contribution in [0.15, 0.2) is 84.4 Å². The van der Waals surface area contributed by atoms with Crippen molar-refractivity contribution in [3.8, 4) is 17.4 Å². The molecule has 0 saturated carbocycles. The minimum atomic E-state index is -0.386. The average molecular weight is 533 g/mol. The lowest BCUT2D eigenvalue weighted by atomic mass is 9.70. The number of Topliss-reactive ketones (excluding diaryl/α,β-unsaturated/α-hetero) is 1. The Labute approximate surface area is 231 Å². The fourth-order valence-corrected chi connectivity index (χ4v) is 5.79. The Bertz CT molecular complexity index is 1820. The van der Waals surface area contributed by atoms with Crippen LogP contribution in [0.4, 0.5) is 0 Å². The van der Waals surface area contributed by atoms with Crippen LogP contribution in [0.5, 0.6) is 17.4 Å². The number of carbonyl (C=O) groups is 1. The topological polar surface area (TPSA) is 87.8 Å². The summed E-state index contributed by atoms with van der Waals surface area (Å²) in [6.45, 7) is 4.36. The Morgan fingerprint density at radius 1 is 1.00 bits per heavy atom. The van der Waals surface area contributed by atoms with Crippen molar-refractivity contribution in [2.24, 2.45) is 5.41 Å². The van der Waals surface area contributed by atoms with E-state index in [1.165, 1.54) is 0 Å². The molecule has 1 aliphatic heterocycles. The number of hydrogen-bond acceptors (Lipinski definition) is 7. The van der Waals surface area contributed by atoms with Crippen LogP contribution in [0.3, 0.4) is 0 Å². The van der Waals surface area contributed by atoms with Crippen LogP contribution in [0, 0.1) is 5.41 Å². The van der Waals surface area contributed by atoms with E-state index in [0.29, 0.717) is 41.5 Å². The predicted molar refractivity (Wildman–Crippen MR) is 150 cm³/mol. The number of ketones is 1. The summed E-state index contributed by atoms with van der Waals surface area (Å²) in [5.41, 5.74) is 2.74. The normalized spacial score (nSPS) is 17.9. The lowest BCUT2D eigenvalue weighted by Gasteiger charge is -2.37. The van der Waals surface area contributed by atoms with Crippen LogP contribution in [0.2, 0.25) is 0 Å². The molecule has 1 aliphatic carbocycles. The maximum atomic E-state index is 13.6. The highest BCUT2D eigenvalue weighted by molar-refractivity contribution is 6.00. The fourth-order valence-electron chi connectivity index (χ4n) is 5.79. The first-order valence-corrected chi connectivity index (χ1v) is 13.3. The summed E-state index contributed by atoms with van der Waals surface area (Å²) < 4.78 is 19.4. The summed E-state index contributed by atoms with van der Waals surface area (Å²) in [6, 6.07) is 21.9. The summed E-state index contributed by atoms with van der Waals surface area (Å²) in [4.78, 5) is 23.1. The summed E-state index contributed by atoms with van der Waals surface area (Å²) in [7, 11) is 1.64. The number of methoxy groups -OCH3 is 1. The van der Waals surface area contributed by atoms with Gasteiger partial charge < -0.3 is 14.2 Å². The van der Waals surface area contributed by atoms with Gasteiger partial charge in [0.05, 0.1) is 12.7 Å². The van der Waals surface area contributed by atoms with Crippen LogP contribution < -0.4 is 14.2 Å². The lowest BCUT2D eigenvalue weighted by Crippen LogP contribution is -2.33. The standard InChI is InChI=1S/C32H28N4O4/c1-32(2)15-24(37)28-25(16-32)40-31-29(27(28)20-9-11-22(38-3)12-10-20)30-34-26(35-36(30)18-33-31)17-39-23-13-8-19-6-4-5-7-21(19)14-23/h4-14,18,27H,15-17H2,1-3H3. The number of nitrogens with zero attached hydrogens (tertiary/aromatic N) is 4. The second-order valence-corrected chi connectivity index (χ2v) is 11.1. The number of aromatic nitrogens is 4. The maximum Gasteiger partial charge on any atom is 0.228 e. The first-order valence-electron chi connectivity index (χ1n) is 13.3. The van der Waals surface area contributed by atoms with Crippen molar-refractivity contribution in [2.45, 2.75) is 39.2 Å². The molecule has 0 fully saturated rings. The zero-order valence-electron chi connectivity index (χ0n) is 22.5. The van der Waals surface area contributed by atoms with E-state index in [1.807, 2.05) is 54.6 Å². The number of benzene rings is 3. The molecule has 3 aromatic carbocycles. The van der Waals surface area contributed by atoms with Crippen molar-refractivity contribution in [1.82, 2.24) is 19.6 Å². The summed E-state index contributed by atoms with van der Waals surface area (Å²) >= 11 is 0. The number of carbonyl (C=O) groups excluding carboxylic acids is 1. The third-order valence-corrected chi connectivity index (χ3v) is 7.65. The molecular weight excluding hydrogens is 504 g/mol. The fraction of sp³-hybridized carbons (Fsp3) is 0.250. The second kappa shape index (κ2) is 9.19. The van der Waals surface area contributed by atoms with Crippen LogP contribution in [0.1, 0.15) is 49.6 Å². The molecule has 0 spiro atoms. The van der Waals surface area contributed by atoms with Gasteiger partial charge in [-0.3, -0.25) is 4.79 Å². The Balaban J connectivity index is 1.30. The van der Waals surface area contributed by atoms with Gasteiger partial charge in [0, 0.05) is 24.3 Å². The maximum absolute atomic E-state index is 13.6. The minimum absolute atomic E-state index is 0.0825. The quantitative estimate of drug-likeness (QED) is 0.273. The average Bonchev–Trinajstić information content (AvgIpc) is 3.38. The van der Waals surface area contributed by atoms with E-state index < -0.39 is 0 Å². The molecule has 0 bridgehead atoms. The molecule has 40 heavy (non-hydrogen) atoms. The van der Waals surface area contributed by atoms with E-state index in [2.05, 4.69) is 36.1 Å². The van der Waals surface area contributed by atoms with Gasteiger partial charge in [-0.2, -0.15) is 0 Å². The van der Waals surface area contributed by atoms with Gasteiger partial charge >= 0.3 is 0 Å². The number of fused-ring (bicyclic) bond motifs is 4. The van der Waals surface area contributed by atoms with E-state index in [1.54, 1.807) is 18.0 Å². The third-order valence-electron chi connectivity index (χ3n) is 7.65. The van der Waals surface area contributed by atoms with Gasteiger partial charge in [-0.05, 0) is 46.0 Å². The number of rotatable bonds is 5. The lowest BCUT2D eigenvalue weighted by molar-refractivity contribution is -0.118. The zero-order valence-corrected chi connectivity index (χ0v) is 22.5. The molecule has 3 heterocycles. The molecule has 8 nitrogen and oxygen atoms in total. The van der Waals surface area contributed by atoms with Crippen LogP contribution in [-0.4, -0.2) is 32.5 Å². The van der Waals surface area contributed by atoms with E-state index in [-0.39, 0.29) is 23.7 Å². The van der Waals surface area contributed by atoms with Crippen molar-refractivity contribution in [3.05, 3.63) is 101 Å². The van der Waals surface area contributed by atoms with E-state index in [9.17, 15) is 4.79 Å². The van der Waals surface area contributed by atoms with Gasteiger partial charge in [-0.1, -0.05) is 56.3 Å². The molecule has 7 rings (SSSR count). The van der Waals surface area contributed by atoms with Crippen molar-refractivity contribution < 1.29 is 19.0 Å². The molecule has 2 aromatic heterocycles. The summed E-state index contributed by atoms with van der Waals surface area (Å²) in [5.74, 6) is 2.82. The van der Waals surface area contributed by atoms with Crippen LogP contribution in [0.25, 0.3) is 16.4 Å². The van der Waals surface area contributed by atoms with E-state index in [0.717, 1.165) is 33.4 Å². The van der Waals surface area contributed by atoms with Gasteiger partial charge in [-0.25, -0.2) is 14.5 Å². The molecule has 200 valence electrons. The van der Waals surface area contributed by atoms with Crippen molar-refractivity contribution in [3.63, 3.8) is 0 Å². The molecule has 1 atom stereocenters. The first-order chi connectivity index (χ1) is 19.4. The molecule has 0 N–H and O–H groups in total. The van der Waals surface area contributed by atoms with Gasteiger partial charge in [0.1, 0.15) is 30.2 Å². The molecule has 8 heteroatoms. The minimum Gasteiger partial charge on any atom is -0.497 e. The number of allylic oxidation sites excluding steroid dienone is 2. The Morgan fingerprint density at radius 3 is 2.58 bits per heavy atom. The van der Waals surface area contributed by atoms with Crippen molar-refractivity contribution in [1.29, 1.82) is 0 Å². The molecule has 2 aliphatic rings. The molecule has 0 saturated heterocycles. The van der Waals surface area contributed by atoms with Crippen molar-refractivity contribution >= 4 is 22.2 Å². The van der Waals surface area contributed by atoms with Crippen LogP contribution >= 0.6 is 0 Å². The molecule has 1 unspecified atom stereocenters. The second-order valence-electron chi connectivity index (χ2n) is 11.1. The molecule has 0 amide bonds. The zero-order chi connectivity index (χ0) is 27.4. The van der Waals surface area contributed by atoms with E-state index in [4.69, 9.17) is 19.2 Å². The highest BCUT2D eigenvalue weighted by Gasteiger charge is 2.44. The smallest absolute Gasteiger partial charge is 0.228 e. The van der Waals surface area contributed by atoms with Gasteiger partial charge in [0.15, 0.2) is 17.3 Å².